The van der Waals surface area contributed by atoms with E-state index >= 15 is 0 Å². The van der Waals surface area contributed by atoms with E-state index in [1.54, 1.807) is 12.3 Å². The van der Waals surface area contributed by atoms with Gasteiger partial charge in [0.1, 0.15) is 6.04 Å². The molecule has 0 radical (unpaired) electrons. The highest BCUT2D eigenvalue weighted by atomic mass is 16.5. The van der Waals surface area contributed by atoms with Crippen molar-refractivity contribution in [2.75, 3.05) is 13.2 Å². The van der Waals surface area contributed by atoms with Crippen LogP contribution in [0.3, 0.4) is 0 Å². The van der Waals surface area contributed by atoms with E-state index in [4.69, 9.17) is 10.5 Å². The molecule has 0 aromatic rings. The fourth-order valence-corrected chi connectivity index (χ4v) is 1.17. The molecule has 1 amide bonds. The molecular formula is C10H16N2O3. The van der Waals surface area contributed by atoms with Gasteiger partial charge in [-0.25, -0.2) is 0 Å². The van der Waals surface area contributed by atoms with Crippen LogP contribution in [0.4, 0.5) is 0 Å². The fraction of sp³-hybridized carbons (Fsp3) is 0.600. The van der Waals surface area contributed by atoms with Gasteiger partial charge in [0.2, 0.25) is 5.91 Å². The van der Waals surface area contributed by atoms with E-state index in [1.165, 1.54) is 4.90 Å². The van der Waals surface area contributed by atoms with Crippen molar-refractivity contribution in [3.05, 3.63) is 12.3 Å². The lowest BCUT2D eigenvalue weighted by Crippen LogP contribution is -2.58. The molecule has 5 heteroatoms. The Hall–Kier alpha value is -1.36. The summed E-state index contributed by atoms with van der Waals surface area (Å²) in [5.41, 5.74) is 5.39. The minimum absolute atomic E-state index is 0.104. The monoisotopic (exact) mass is 212 g/mol. The van der Waals surface area contributed by atoms with Gasteiger partial charge in [-0.2, -0.15) is 0 Å². The summed E-state index contributed by atoms with van der Waals surface area (Å²) in [5.74, 6) is -0.376. The van der Waals surface area contributed by atoms with Gasteiger partial charge >= 0.3 is 5.97 Å². The van der Waals surface area contributed by atoms with Crippen LogP contribution in [-0.4, -0.2) is 36.0 Å². The Labute approximate surface area is 88.9 Å². The van der Waals surface area contributed by atoms with E-state index < -0.39 is 0 Å². The highest BCUT2D eigenvalue weighted by Gasteiger charge is 2.31. The van der Waals surface area contributed by atoms with Crippen molar-refractivity contribution < 1.29 is 14.3 Å². The highest BCUT2D eigenvalue weighted by molar-refractivity contribution is 5.88. The number of hydrogen-bond donors (Lipinski definition) is 1. The van der Waals surface area contributed by atoms with Crippen LogP contribution in [0.25, 0.3) is 0 Å². The van der Waals surface area contributed by atoms with Crippen molar-refractivity contribution in [2.45, 2.75) is 25.8 Å². The van der Waals surface area contributed by atoms with Crippen molar-refractivity contribution in [3.8, 4) is 0 Å². The Morgan fingerprint density at radius 1 is 1.73 bits per heavy atom. The van der Waals surface area contributed by atoms with Crippen LogP contribution in [0.1, 0.15) is 19.8 Å². The standard InChI is InChI=1S/C10H16N2O3/c1-2-6-15-9(13)4-3-5-12-7-8(11)10(12)14/h3,5,8H,2,4,6-7,11H2,1H3. The molecular weight excluding hydrogens is 196 g/mol. The van der Waals surface area contributed by atoms with Gasteiger partial charge in [0.25, 0.3) is 0 Å². The number of carbonyl (C=O) groups excluding carboxylic acids is 2. The number of esters is 1. The van der Waals surface area contributed by atoms with Gasteiger partial charge in [0.15, 0.2) is 0 Å². The molecule has 1 rings (SSSR count). The van der Waals surface area contributed by atoms with E-state index in [1.807, 2.05) is 6.92 Å². The van der Waals surface area contributed by atoms with E-state index in [2.05, 4.69) is 0 Å². The molecule has 1 fully saturated rings. The minimum atomic E-state index is -0.373. The molecule has 1 atom stereocenters. The number of likely N-dealkylation sites (tertiary alicyclic amines) is 1. The molecule has 1 aliphatic rings. The van der Waals surface area contributed by atoms with Crippen molar-refractivity contribution in [1.82, 2.24) is 4.90 Å². The summed E-state index contributed by atoms with van der Waals surface area (Å²) in [6, 6.07) is -0.373. The molecule has 2 N–H and O–H groups in total. The van der Waals surface area contributed by atoms with E-state index in [9.17, 15) is 9.59 Å². The van der Waals surface area contributed by atoms with Crippen molar-refractivity contribution in [1.29, 1.82) is 0 Å². The second-order valence-corrected chi connectivity index (χ2v) is 3.41. The SMILES string of the molecule is CCCOC(=O)CC=CN1CC(N)C1=O. The Kier molecular flexibility index (Phi) is 4.30. The number of hydrogen-bond acceptors (Lipinski definition) is 4. The predicted molar refractivity (Wildman–Crippen MR) is 54.7 cm³/mol. The molecule has 84 valence electrons. The first-order chi connectivity index (χ1) is 7.15. The quantitative estimate of drug-likeness (QED) is 0.515. The minimum Gasteiger partial charge on any atom is -0.465 e. The number of β-lactam (4-membered cyclic amide) rings is 1. The van der Waals surface area contributed by atoms with Gasteiger partial charge in [-0.3, -0.25) is 9.59 Å². The zero-order valence-electron chi connectivity index (χ0n) is 8.81. The van der Waals surface area contributed by atoms with Gasteiger partial charge in [0, 0.05) is 12.7 Å². The summed E-state index contributed by atoms with van der Waals surface area (Å²) in [7, 11) is 0. The third kappa shape index (κ3) is 3.36. The van der Waals surface area contributed by atoms with Crippen LogP contribution in [0.2, 0.25) is 0 Å². The molecule has 0 aromatic carbocycles. The lowest BCUT2D eigenvalue weighted by atomic mass is 10.1. The van der Waals surface area contributed by atoms with Crippen molar-refractivity contribution in [2.24, 2.45) is 5.73 Å². The fourth-order valence-electron chi connectivity index (χ4n) is 1.17. The molecule has 0 bridgehead atoms. The second kappa shape index (κ2) is 5.50. The molecule has 1 heterocycles. The lowest BCUT2D eigenvalue weighted by molar-refractivity contribution is -0.143. The van der Waals surface area contributed by atoms with E-state index in [0.29, 0.717) is 13.2 Å². The van der Waals surface area contributed by atoms with E-state index in [0.717, 1.165) is 6.42 Å². The number of nitrogens with zero attached hydrogens (tertiary/aromatic N) is 1. The third-order valence-corrected chi connectivity index (χ3v) is 2.03. The molecule has 0 saturated carbocycles. The molecule has 1 saturated heterocycles. The summed E-state index contributed by atoms with van der Waals surface area (Å²) in [6.07, 6.45) is 4.20. The average Bonchev–Trinajstić information content (AvgIpc) is 2.24. The highest BCUT2D eigenvalue weighted by Crippen LogP contribution is 2.08. The van der Waals surface area contributed by atoms with Crippen molar-refractivity contribution in [3.63, 3.8) is 0 Å². The first-order valence-electron chi connectivity index (χ1n) is 5.03. The maximum Gasteiger partial charge on any atom is 0.309 e. The lowest BCUT2D eigenvalue weighted by Gasteiger charge is -2.33. The van der Waals surface area contributed by atoms with Crippen LogP contribution in [-0.2, 0) is 14.3 Å². The number of nitrogens with two attached hydrogens (primary N) is 1. The first kappa shape index (κ1) is 11.7. The second-order valence-electron chi connectivity index (χ2n) is 3.41. The predicted octanol–water partition coefficient (Wildman–Crippen LogP) is 0.0129. The van der Waals surface area contributed by atoms with Gasteiger partial charge in [0.05, 0.1) is 13.0 Å². The molecule has 1 aliphatic heterocycles. The third-order valence-electron chi connectivity index (χ3n) is 2.03. The van der Waals surface area contributed by atoms with Crippen LogP contribution in [0, 0.1) is 0 Å². The number of ether oxygens (including phenoxy) is 1. The number of rotatable bonds is 5. The molecule has 0 aromatic heterocycles. The van der Waals surface area contributed by atoms with Crippen LogP contribution < -0.4 is 5.73 Å². The zero-order valence-corrected chi connectivity index (χ0v) is 8.81. The van der Waals surface area contributed by atoms with Crippen LogP contribution in [0.5, 0.6) is 0 Å². The Morgan fingerprint density at radius 3 is 3.00 bits per heavy atom. The van der Waals surface area contributed by atoms with Crippen LogP contribution in [0.15, 0.2) is 12.3 Å². The molecule has 0 spiro atoms. The number of amides is 1. The van der Waals surface area contributed by atoms with Gasteiger partial charge in [-0.15, -0.1) is 0 Å². The maximum atomic E-state index is 11.0. The number of carbonyl (C=O) groups is 2. The van der Waals surface area contributed by atoms with Crippen LogP contribution >= 0.6 is 0 Å². The average molecular weight is 212 g/mol. The Morgan fingerprint density at radius 2 is 2.47 bits per heavy atom. The van der Waals surface area contributed by atoms with Gasteiger partial charge in [-0.1, -0.05) is 13.0 Å². The summed E-state index contributed by atoms with van der Waals surface area (Å²) < 4.78 is 4.85. The maximum absolute atomic E-state index is 11.0. The summed E-state index contributed by atoms with van der Waals surface area (Å²) in [4.78, 5) is 23.6. The van der Waals surface area contributed by atoms with Gasteiger partial charge < -0.3 is 15.4 Å². The van der Waals surface area contributed by atoms with E-state index in [-0.39, 0.29) is 24.3 Å². The topological polar surface area (TPSA) is 72.6 Å². The van der Waals surface area contributed by atoms with Crippen molar-refractivity contribution >= 4 is 11.9 Å². The first-order valence-corrected chi connectivity index (χ1v) is 5.03. The molecule has 5 nitrogen and oxygen atoms in total. The molecule has 1 unspecified atom stereocenters. The summed E-state index contributed by atoms with van der Waals surface area (Å²) in [6.45, 7) is 2.91. The molecule has 15 heavy (non-hydrogen) atoms. The zero-order chi connectivity index (χ0) is 11.3. The smallest absolute Gasteiger partial charge is 0.309 e. The normalized spacial score (nSPS) is 20.5. The Balaban J connectivity index is 2.17. The summed E-state index contributed by atoms with van der Waals surface area (Å²) >= 11 is 0. The molecule has 0 aliphatic carbocycles. The van der Waals surface area contributed by atoms with Gasteiger partial charge in [-0.05, 0) is 6.42 Å². The largest absolute Gasteiger partial charge is 0.465 e. The Bertz CT molecular complexity index is 276. The summed E-state index contributed by atoms with van der Waals surface area (Å²) in [5, 5.41) is 0.